The zero-order chi connectivity index (χ0) is 19.3. The van der Waals surface area contributed by atoms with Gasteiger partial charge in [0.2, 0.25) is 5.91 Å². The summed E-state index contributed by atoms with van der Waals surface area (Å²) in [4.78, 5) is 39.7. The third-order valence-electron chi connectivity index (χ3n) is 3.34. The fourth-order valence-corrected chi connectivity index (χ4v) is 2.71. The number of nitrogens with zero attached hydrogens (tertiary/aromatic N) is 1. The molecule has 0 fully saturated rings. The van der Waals surface area contributed by atoms with E-state index in [1.54, 1.807) is 17.5 Å². The Morgan fingerprint density at radius 1 is 1.27 bits per heavy atom. The van der Waals surface area contributed by atoms with Crippen molar-refractivity contribution in [3.8, 4) is 10.6 Å². The van der Waals surface area contributed by atoms with Crippen molar-refractivity contribution < 1.29 is 19.1 Å². The average molecular weight is 374 g/mol. The first-order valence-corrected chi connectivity index (χ1v) is 8.40. The molecule has 0 saturated heterocycles. The SMILES string of the molecule is C=C(NC(=O)C(C)NC(=O)c1csc(-c2ccc(N)cc2)n1)C(=O)OC. The Labute approximate surface area is 154 Å². The first kappa shape index (κ1) is 19.1. The molecule has 2 aromatic rings. The number of nitrogens with two attached hydrogens (primary N) is 1. The Hall–Kier alpha value is -3.20. The maximum atomic E-state index is 12.3. The Bertz CT molecular complexity index is 845. The van der Waals surface area contributed by atoms with Crippen molar-refractivity contribution in [3.63, 3.8) is 0 Å². The molecule has 1 unspecified atom stereocenters. The van der Waals surface area contributed by atoms with E-state index >= 15 is 0 Å². The molecular formula is C17H18N4O4S. The lowest BCUT2D eigenvalue weighted by Crippen LogP contribution is -2.45. The molecule has 26 heavy (non-hydrogen) atoms. The summed E-state index contributed by atoms with van der Waals surface area (Å²) in [6, 6.07) is 6.22. The van der Waals surface area contributed by atoms with E-state index in [9.17, 15) is 14.4 Å². The third kappa shape index (κ3) is 4.67. The van der Waals surface area contributed by atoms with Crippen LogP contribution in [-0.4, -0.2) is 35.9 Å². The van der Waals surface area contributed by atoms with Gasteiger partial charge in [-0.3, -0.25) is 9.59 Å². The minimum absolute atomic E-state index is 0.188. The number of amides is 2. The summed E-state index contributed by atoms with van der Waals surface area (Å²) < 4.78 is 4.44. The molecule has 0 aliphatic rings. The molecule has 0 saturated carbocycles. The Morgan fingerprint density at radius 2 is 1.92 bits per heavy atom. The molecular weight excluding hydrogens is 356 g/mol. The predicted octanol–water partition coefficient (Wildman–Crippen LogP) is 1.31. The number of carbonyl (C=O) groups is 3. The molecule has 136 valence electrons. The number of ether oxygens (including phenoxy) is 1. The Kier molecular flexibility index (Phi) is 6.07. The van der Waals surface area contributed by atoms with Crippen LogP contribution in [0.25, 0.3) is 10.6 Å². The van der Waals surface area contributed by atoms with Crippen molar-refractivity contribution >= 4 is 34.8 Å². The summed E-state index contributed by atoms with van der Waals surface area (Å²) in [5.74, 6) is -1.86. The number of nitrogens with one attached hydrogen (secondary N) is 2. The quantitative estimate of drug-likeness (QED) is 0.398. The molecule has 1 heterocycles. The third-order valence-corrected chi connectivity index (χ3v) is 4.23. The van der Waals surface area contributed by atoms with E-state index < -0.39 is 23.8 Å². The topological polar surface area (TPSA) is 123 Å². The van der Waals surface area contributed by atoms with Crippen LogP contribution in [0.5, 0.6) is 0 Å². The van der Waals surface area contributed by atoms with E-state index in [4.69, 9.17) is 5.73 Å². The summed E-state index contributed by atoms with van der Waals surface area (Å²) in [5, 5.41) is 7.04. The number of aromatic nitrogens is 1. The number of methoxy groups -OCH3 is 1. The van der Waals surface area contributed by atoms with Gasteiger partial charge in [-0.1, -0.05) is 6.58 Å². The van der Waals surface area contributed by atoms with Gasteiger partial charge < -0.3 is 21.1 Å². The fourth-order valence-electron chi connectivity index (χ4n) is 1.90. The lowest BCUT2D eigenvalue weighted by Gasteiger charge is -2.13. The lowest BCUT2D eigenvalue weighted by atomic mass is 10.2. The number of hydrogen-bond acceptors (Lipinski definition) is 7. The van der Waals surface area contributed by atoms with Crippen LogP contribution in [0.4, 0.5) is 5.69 Å². The molecule has 0 aliphatic carbocycles. The van der Waals surface area contributed by atoms with Gasteiger partial charge in [0.05, 0.1) is 7.11 Å². The lowest BCUT2D eigenvalue weighted by molar-refractivity contribution is -0.137. The van der Waals surface area contributed by atoms with Crippen LogP contribution in [0.3, 0.4) is 0 Å². The number of esters is 1. The smallest absolute Gasteiger partial charge is 0.353 e. The summed E-state index contributed by atoms with van der Waals surface area (Å²) in [7, 11) is 1.17. The van der Waals surface area contributed by atoms with E-state index in [0.29, 0.717) is 10.7 Å². The molecule has 2 amide bonds. The van der Waals surface area contributed by atoms with Crippen LogP contribution in [-0.2, 0) is 14.3 Å². The monoisotopic (exact) mass is 374 g/mol. The summed E-state index contributed by atoms with van der Waals surface area (Å²) >= 11 is 1.30. The summed E-state index contributed by atoms with van der Waals surface area (Å²) in [6.45, 7) is 4.87. The van der Waals surface area contributed by atoms with Gasteiger partial charge in [-0.2, -0.15) is 0 Å². The molecule has 9 heteroatoms. The highest BCUT2D eigenvalue weighted by Crippen LogP contribution is 2.24. The van der Waals surface area contributed by atoms with Crippen LogP contribution in [0.2, 0.25) is 0 Å². The fraction of sp³-hybridized carbons (Fsp3) is 0.176. The zero-order valence-corrected chi connectivity index (χ0v) is 15.1. The summed E-state index contributed by atoms with van der Waals surface area (Å²) in [6.07, 6.45) is 0. The molecule has 1 atom stereocenters. The van der Waals surface area contributed by atoms with Crippen molar-refractivity contribution in [1.29, 1.82) is 0 Å². The maximum absolute atomic E-state index is 12.3. The van der Waals surface area contributed by atoms with Crippen molar-refractivity contribution in [1.82, 2.24) is 15.6 Å². The van der Waals surface area contributed by atoms with Gasteiger partial charge in [-0.15, -0.1) is 11.3 Å². The van der Waals surface area contributed by atoms with Gasteiger partial charge in [0.15, 0.2) is 0 Å². The van der Waals surface area contributed by atoms with Gasteiger partial charge in [-0.05, 0) is 31.2 Å². The number of anilines is 1. The van der Waals surface area contributed by atoms with Gasteiger partial charge >= 0.3 is 5.97 Å². The van der Waals surface area contributed by atoms with Gasteiger partial charge in [0.1, 0.15) is 22.4 Å². The maximum Gasteiger partial charge on any atom is 0.353 e. The Balaban J connectivity index is 1.99. The molecule has 8 nitrogen and oxygen atoms in total. The second-order valence-electron chi connectivity index (χ2n) is 5.31. The largest absolute Gasteiger partial charge is 0.464 e. The van der Waals surface area contributed by atoms with Crippen LogP contribution in [0.15, 0.2) is 41.9 Å². The van der Waals surface area contributed by atoms with E-state index in [1.807, 2.05) is 12.1 Å². The number of rotatable bonds is 6. The second kappa shape index (κ2) is 8.26. The highest BCUT2D eigenvalue weighted by atomic mass is 32.1. The van der Waals surface area contributed by atoms with E-state index in [0.717, 1.165) is 5.56 Å². The second-order valence-corrected chi connectivity index (χ2v) is 6.17. The zero-order valence-electron chi connectivity index (χ0n) is 14.2. The highest BCUT2D eigenvalue weighted by Gasteiger charge is 2.20. The van der Waals surface area contributed by atoms with Crippen LogP contribution < -0.4 is 16.4 Å². The number of nitrogen functional groups attached to an aromatic ring is 1. The van der Waals surface area contributed by atoms with Crippen molar-refractivity contribution in [2.24, 2.45) is 0 Å². The standard InChI is InChI=1S/C17H18N4O4S/c1-9(14(22)20-10(2)17(24)25-3)19-15(23)13-8-26-16(21-13)11-4-6-12(18)7-5-11/h4-9H,2,18H2,1,3H3,(H,19,23)(H,20,22). The predicted molar refractivity (Wildman–Crippen MR) is 98.2 cm³/mol. The van der Waals surface area contributed by atoms with E-state index in [2.05, 4.69) is 26.9 Å². The van der Waals surface area contributed by atoms with Crippen LogP contribution in [0.1, 0.15) is 17.4 Å². The first-order valence-electron chi connectivity index (χ1n) is 7.52. The van der Waals surface area contributed by atoms with Crippen LogP contribution in [0, 0.1) is 0 Å². The number of thiazole rings is 1. The molecule has 0 bridgehead atoms. The molecule has 0 aliphatic heterocycles. The minimum Gasteiger partial charge on any atom is -0.464 e. The molecule has 1 aromatic carbocycles. The summed E-state index contributed by atoms with van der Waals surface area (Å²) in [5.41, 5.74) is 7.10. The van der Waals surface area contributed by atoms with Crippen molar-refractivity contribution in [2.45, 2.75) is 13.0 Å². The first-order chi connectivity index (χ1) is 12.3. The van der Waals surface area contributed by atoms with Crippen LogP contribution >= 0.6 is 11.3 Å². The normalized spacial score (nSPS) is 11.3. The number of hydrogen-bond donors (Lipinski definition) is 3. The molecule has 4 N–H and O–H groups in total. The molecule has 2 rings (SSSR count). The molecule has 0 radical (unpaired) electrons. The number of benzene rings is 1. The average Bonchev–Trinajstić information content (AvgIpc) is 3.11. The Morgan fingerprint density at radius 3 is 2.54 bits per heavy atom. The highest BCUT2D eigenvalue weighted by molar-refractivity contribution is 7.13. The van der Waals surface area contributed by atoms with Gasteiger partial charge in [0.25, 0.3) is 5.91 Å². The van der Waals surface area contributed by atoms with Gasteiger partial charge in [-0.25, -0.2) is 9.78 Å². The van der Waals surface area contributed by atoms with E-state index in [1.165, 1.54) is 25.4 Å². The molecule has 0 spiro atoms. The van der Waals surface area contributed by atoms with Crippen molar-refractivity contribution in [3.05, 3.63) is 47.6 Å². The van der Waals surface area contributed by atoms with Crippen molar-refractivity contribution in [2.75, 3.05) is 12.8 Å². The van der Waals surface area contributed by atoms with Gasteiger partial charge in [0, 0.05) is 16.6 Å². The minimum atomic E-state index is -0.898. The number of carbonyl (C=O) groups excluding carboxylic acids is 3. The van der Waals surface area contributed by atoms with E-state index in [-0.39, 0.29) is 11.4 Å². The molecule has 1 aromatic heterocycles.